The molecule has 7 heteroatoms. The zero-order valence-corrected chi connectivity index (χ0v) is 13.0. The molecule has 2 heterocycles. The van der Waals surface area contributed by atoms with Crippen molar-refractivity contribution in [1.29, 1.82) is 0 Å². The molecule has 2 aromatic rings. The summed E-state index contributed by atoms with van der Waals surface area (Å²) in [6.07, 6.45) is 1.85. The maximum atomic E-state index is 12.4. The second kappa shape index (κ2) is 6.12. The monoisotopic (exact) mass is 314 g/mol. The number of imide groups is 1. The Morgan fingerprint density at radius 1 is 1.39 bits per heavy atom. The van der Waals surface area contributed by atoms with E-state index in [1.807, 2.05) is 31.2 Å². The molecule has 7 nitrogen and oxygen atoms in total. The highest BCUT2D eigenvalue weighted by Crippen LogP contribution is 2.26. The van der Waals surface area contributed by atoms with E-state index in [-0.39, 0.29) is 24.9 Å². The highest BCUT2D eigenvalue weighted by atomic mass is 16.5. The van der Waals surface area contributed by atoms with Crippen molar-refractivity contribution in [3.05, 3.63) is 47.3 Å². The predicted molar refractivity (Wildman–Crippen MR) is 82.8 cm³/mol. The summed E-state index contributed by atoms with van der Waals surface area (Å²) in [5, 5.41) is 9.59. The van der Waals surface area contributed by atoms with Crippen molar-refractivity contribution in [3.8, 4) is 5.75 Å². The lowest BCUT2D eigenvalue weighted by molar-refractivity contribution is -0.130. The summed E-state index contributed by atoms with van der Waals surface area (Å²) < 4.78 is 5.19. The Labute approximate surface area is 133 Å². The van der Waals surface area contributed by atoms with E-state index in [2.05, 4.69) is 15.5 Å². The van der Waals surface area contributed by atoms with Crippen LogP contribution >= 0.6 is 0 Å². The predicted octanol–water partition coefficient (Wildman–Crippen LogP) is 1.91. The molecule has 0 radical (unpaired) electrons. The minimum atomic E-state index is -0.394. The molecular weight excluding hydrogens is 296 g/mol. The SMILES string of the molecule is COc1cccc(C2CC(=O)N(Cc3cn[nH]c3C)C(=O)N2)c1. The maximum absolute atomic E-state index is 12.4. The fourth-order valence-electron chi connectivity index (χ4n) is 2.60. The second-order valence-corrected chi connectivity index (χ2v) is 5.48. The third kappa shape index (κ3) is 3.03. The standard InChI is InChI=1S/C16H18N4O3/c1-10-12(8-17-19-10)9-20-15(21)7-14(18-16(20)22)11-4-3-5-13(6-11)23-2/h3-6,8,14H,7,9H2,1-2H3,(H,17,19)(H,18,22). The van der Waals surface area contributed by atoms with E-state index >= 15 is 0 Å². The minimum absolute atomic E-state index is 0.206. The molecule has 1 aromatic carbocycles. The lowest BCUT2D eigenvalue weighted by Gasteiger charge is -2.31. The fraction of sp³-hybridized carbons (Fsp3) is 0.312. The summed E-state index contributed by atoms with van der Waals surface area (Å²) in [6.45, 7) is 2.07. The van der Waals surface area contributed by atoms with Gasteiger partial charge in [-0.2, -0.15) is 5.10 Å². The van der Waals surface area contributed by atoms with Crippen molar-refractivity contribution in [1.82, 2.24) is 20.4 Å². The highest BCUT2D eigenvalue weighted by Gasteiger charge is 2.33. The molecule has 1 fully saturated rings. The number of aromatic amines is 1. The van der Waals surface area contributed by atoms with E-state index in [0.29, 0.717) is 5.75 Å². The minimum Gasteiger partial charge on any atom is -0.497 e. The van der Waals surface area contributed by atoms with E-state index in [1.54, 1.807) is 13.3 Å². The number of carbonyl (C=O) groups is 2. The first kappa shape index (κ1) is 15.1. The molecule has 1 aliphatic rings. The zero-order chi connectivity index (χ0) is 16.4. The number of hydrogen-bond donors (Lipinski definition) is 2. The van der Waals surface area contributed by atoms with Crippen molar-refractivity contribution in [2.24, 2.45) is 0 Å². The Balaban J connectivity index is 1.75. The van der Waals surface area contributed by atoms with Crippen molar-refractivity contribution in [3.63, 3.8) is 0 Å². The number of rotatable bonds is 4. The Bertz CT molecular complexity index is 722. The van der Waals surface area contributed by atoms with Gasteiger partial charge < -0.3 is 10.1 Å². The topological polar surface area (TPSA) is 87.3 Å². The van der Waals surface area contributed by atoms with Crippen LogP contribution in [0.1, 0.15) is 29.3 Å². The smallest absolute Gasteiger partial charge is 0.324 e. The Morgan fingerprint density at radius 3 is 2.87 bits per heavy atom. The number of amides is 3. The van der Waals surface area contributed by atoms with Crippen LogP contribution in [-0.2, 0) is 11.3 Å². The number of H-pyrrole nitrogens is 1. The molecule has 1 atom stereocenters. The first-order valence-corrected chi connectivity index (χ1v) is 7.32. The molecule has 23 heavy (non-hydrogen) atoms. The molecule has 3 rings (SSSR count). The van der Waals surface area contributed by atoms with Gasteiger partial charge >= 0.3 is 6.03 Å². The first-order chi connectivity index (χ1) is 11.1. The van der Waals surface area contributed by atoms with E-state index < -0.39 is 6.03 Å². The van der Waals surface area contributed by atoms with Crippen LogP contribution in [0.4, 0.5) is 4.79 Å². The van der Waals surface area contributed by atoms with Gasteiger partial charge in [0.15, 0.2) is 0 Å². The van der Waals surface area contributed by atoms with Gasteiger partial charge in [-0.15, -0.1) is 0 Å². The van der Waals surface area contributed by atoms with Gasteiger partial charge in [0.1, 0.15) is 5.75 Å². The number of hydrogen-bond acceptors (Lipinski definition) is 4. The lowest BCUT2D eigenvalue weighted by atomic mass is 10.0. The van der Waals surface area contributed by atoms with Gasteiger partial charge in [-0.25, -0.2) is 4.79 Å². The molecular formula is C16H18N4O3. The van der Waals surface area contributed by atoms with Crippen LogP contribution in [-0.4, -0.2) is 34.1 Å². The summed E-state index contributed by atoms with van der Waals surface area (Å²) in [7, 11) is 1.58. The summed E-state index contributed by atoms with van der Waals surface area (Å²) in [5.41, 5.74) is 2.53. The summed E-state index contributed by atoms with van der Waals surface area (Å²) >= 11 is 0. The third-order valence-electron chi connectivity index (χ3n) is 3.98. The van der Waals surface area contributed by atoms with Gasteiger partial charge in [-0.05, 0) is 24.6 Å². The van der Waals surface area contributed by atoms with Crippen LogP contribution < -0.4 is 10.1 Å². The van der Waals surface area contributed by atoms with Gasteiger partial charge in [0, 0.05) is 11.3 Å². The van der Waals surface area contributed by atoms with Gasteiger partial charge in [0.2, 0.25) is 5.91 Å². The molecule has 1 saturated heterocycles. The van der Waals surface area contributed by atoms with Crippen molar-refractivity contribution < 1.29 is 14.3 Å². The molecule has 0 aliphatic carbocycles. The molecule has 120 valence electrons. The number of urea groups is 1. The normalized spacial score (nSPS) is 18.0. The summed E-state index contributed by atoms with van der Waals surface area (Å²) in [4.78, 5) is 25.9. The highest BCUT2D eigenvalue weighted by molar-refractivity contribution is 5.97. The number of nitrogens with zero attached hydrogens (tertiary/aromatic N) is 2. The molecule has 0 saturated carbocycles. The van der Waals surface area contributed by atoms with Crippen molar-refractivity contribution >= 4 is 11.9 Å². The number of aryl methyl sites for hydroxylation is 1. The number of aromatic nitrogens is 2. The average Bonchev–Trinajstić information content (AvgIpc) is 2.95. The molecule has 2 N–H and O–H groups in total. The molecule has 0 bridgehead atoms. The second-order valence-electron chi connectivity index (χ2n) is 5.48. The number of benzene rings is 1. The first-order valence-electron chi connectivity index (χ1n) is 7.32. The van der Waals surface area contributed by atoms with Crippen LogP contribution in [0.3, 0.4) is 0 Å². The number of nitrogens with one attached hydrogen (secondary N) is 2. The van der Waals surface area contributed by atoms with E-state index in [0.717, 1.165) is 16.8 Å². The molecule has 0 spiro atoms. The molecule has 1 unspecified atom stereocenters. The molecule has 1 aromatic heterocycles. The van der Waals surface area contributed by atoms with Crippen LogP contribution in [0.5, 0.6) is 5.75 Å². The fourth-order valence-corrected chi connectivity index (χ4v) is 2.60. The van der Waals surface area contributed by atoms with E-state index in [4.69, 9.17) is 4.74 Å². The van der Waals surface area contributed by atoms with Crippen LogP contribution in [0, 0.1) is 6.92 Å². The van der Waals surface area contributed by atoms with E-state index in [1.165, 1.54) is 4.90 Å². The third-order valence-corrected chi connectivity index (χ3v) is 3.98. The zero-order valence-electron chi connectivity index (χ0n) is 13.0. The van der Waals surface area contributed by atoms with Crippen molar-refractivity contribution in [2.45, 2.75) is 25.9 Å². The lowest BCUT2D eigenvalue weighted by Crippen LogP contribution is -2.50. The van der Waals surface area contributed by atoms with Crippen LogP contribution in [0.2, 0.25) is 0 Å². The summed E-state index contributed by atoms with van der Waals surface area (Å²) in [5.74, 6) is 0.489. The maximum Gasteiger partial charge on any atom is 0.324 e. The number of carbonyl (C=O) groups excluding carboxylic acids is 2. The van der Waals surface area contributed by atoms with Gasteiger partial charge in [-0.3, -0.25) is 14.8 Å². The van der Waals surface area contributed by atoms with Gasteiger partial charge in [-0.1, -0.05) is 12.1 Å². The summed E-state index contributed by atoms with van der Waals surface area (Å²) in [6, 6.07) is 6.63. The Kier molecular flexibility index (Phi) is 4.01. The Morgan fingerprint density at radius 2 is 2.22 bits per heavy atom. The number of methoxy groups -OCH3 is 1. The average molecular weight is 314 g/mol. The molecule has 1 aliphatic heterocycles. The van der Waals surface area contributed by atoms with E-state index in [9.17, 15) is 9.59 Å². The number of ether oxygens (including phenoxy) is 1. The van der Waals surface area contributed by atoms with Gasteiger partial charge in [0.05, 0.1) is 32.3 Å². The van der Waals surface area contributed by atoms with Crippen molar-refractivity contribution in [2.75, 3.05) is 7.11 Å². The Hall–Kier alpha value is -2.83. The van der Waals surface area contributed by atoms with Crippen LogP contribution in [0.25, 0.3) is 0 Å². The molecule has 3 amide bonds. The quantitative estimate of drug-likeness (QED) is 0.902. The largest absolute Gasteiger partial charge is 0.497 e. The van der Waals surface area contributed by atoms with Gasteiger partial charge in [0.25, 0.3) is 0 Å². The van der Waals surface area contributed by atoms with Crippen LogP contribution in [0.15, 0.2) is 30.5 Å².